The molecule has 0 N–H and O–H groups in total. The maximum atomic E-state index is 13.6. The van der Waals surface area contributed by atoms with E-state index in [0.717, 1.165) is 15.1 Å². The highest BCUT2D eigenvalue weighted by Gasteiger charge is 2.21. The van der Waals surface area contributed by atoms with E-state index in [2.05, 4.69) is 11.1 Å². The van der Waals surface area contributed by atoms with Gasteiger partial charge in [0.25, 0.3) is 5.91 Å². The Bertz CT molecular complexity index is 926. The number of amides is 1. The molecular weight excluding hydrogens is 369 g/mol. The third kappa shape index (κ3) is 4.23. The molecule has 3 rings (SSSR count). The number of hydrogen-bond acceptors (Lipinski definition) is 5. The molecule has 0 spiro atoms. The molecule has 26 heavy (non-hydrogen) atoms. The molecule has 0 radical (unpaired) electrons. The van der Waals surface area contributed by atoms with Gasteiger partial charge in [-0.3, -0.25) is 9.69 Å². The molecule has 136 valence electrons. The van der Waals surface area contributed by atoms with Gasteiger partial charge < -0.3 is 4.90 Å². The zero-order chi connectivity index (χ0) is 18.7. The molecule has 1 amide bonds. The summed E-state index contributed by atoms with van der Waals surface area (Å²) < 4.78 is 14.6. The van der Waals surface area contributed by atoms with Crippen molar-refractivity contribution in [1.29, 1.82) is 0 Å². The molecule has 0 fully saturated rings. The van der Waals surface area contributed by atoms with Crippen molar-refractivity contribution in [3.8, 4) is 0 Å². The van der Waals surface area contributed by atoms with E-state index in [4.69, 9.17) is 0 Å². The molecule has 2 aromatic carbocycles. The number of likely N-dealkylation sites (N-methyl/N-ethyl adjacent to an activating group) is 1. The fourth-order valence-electron chi connectivity index (χ4n) is 2.50. The second-order valence-electron chi connectivity index (χ2n) is 6.10. The average molecular weight is 390 g/mol. The van der Waals surface area contributed by atoms with E-state index < -0.39 is 5.82 Å². The van der Waals surface area contributed by atoms with Crippen LogP contribution in [0.25, 0.3) is 10.2 Å². The van der Waals surface area contributed by atoms with Gasteiger partial charge in [-0.15, -0.1) is 11.8 Å². The lowest BCUT2D eigenvalue weighted by atomic mass is 10.2. The molecule has 0 saturated heterocycles. The summed E-state index contributed by atoms with van der Waals surface area (Å²) in [6.07, 6.45) is 2.03. The van der Waals surface area contributed by atoms with Gasteiger partial charge in [0.05, 0.1) is 10.2 Å². The summed E-state index contributed by atoms with van der Waals surface area (Å²) in [6.45, 7) is 1.17. The van der Waals surface area contributed by atoms with Gasteiger partial charge >= 0.3 is 0 Å². The number of aromatic nitrogens is 1. The molecule has 7 heteroatoms. The molecular formula is C19H20FN3OS2. The predicted octanol–water partition coefficient (Wildman–Crippen LogP) is 4.37. The summed E-state index contributed by atoms with van der Waals surface area (Å²) in [5.74, 6) is -0.659. The first-order valence-electron chi connectivity index (χ1n) is 8.14. The predicted molar refractivity (Wildman–Crippen MR) is 108 cm³/mol. The van der Waals surface area contributed by atoms with E-state index in [-0.39, 0.29) is 5.91 Å². The van der Waals surface area contributed by atoms with Gasteiger partial charge in [-0.05, 0) is 56.7 Å². The number of carbonyl (C=O) groups excluding carboxylic acids is 1. The number of thiazole rings is 1. The van der Waals surface area contributed by atoms with Crippen LogP contribution in [0.3, 0.4) is 0 Å². The Balaban J connectivity index is 1.98. The maximum Gasteiger partial charge on any atom is 0.260 e. The molecule has 0 aliphatic rings. The minimum Gasteiger partial charge on any atom is -0.308 e. The molecule has 1 aromatic heterocycles. The zero-order valence-corrected chi connectivity index (χ0v) is 16.5. The number of thioether (sulfide) groups is 1. The van der Waals surface area contributed by atoms with Crippen molar-refractivity contribution in [3.63, 3.8) is 0 Å². The second-order valence-corrected chi connectivity index (χ2v) is 7.99. The van der Waals surface area contributed by atoms with E-state index in [1.807, 2.05) is 37.4 Å². The van der Waals surface area contributed by atoms with Gasteiger partial charge in [0.1, 0.15) is 5.82 Å². The van der Waals surface area contributed by atoms with Gasteiger partial charge in [0.15, 0.2) is 5.13 Å². The number of halogens is 1. The summed E-state index contributed by atoms with van der Waals surface area (Å²) in [5.41, 5.74) is 1.19. The van der Waals surface area contributed by atoms with Crippen molar-refractivity contribution in [2.45, 2.75) is 4.90 Å². The first kappa shape index (κ1) is 18.8. The number of fused-ring (bicyclic) bond motifs is 1. The van der Waals surface area contributed by atoms with Crippen molar-refractivity contribution in [3.05, 3.63) is 53.8 Å². The van der Waals surface area contributed by atoms with Gasteiger partial charge in [-0.2, -0.15) is 0 Å². The normalized spacial score (nSPS) is 11.3. The number of benzene rings is 2. The maximum absolute atomic E-state index is 13.6. The monoisotopic (exact) mass is 389 g/mol. The lowest BCUT2D eigenvalue weighted by Crippen LogP contribution is -2.36. The fourth-order valence-corrected chi connectivity index (χ4v) is 4.04. The largest absolute Gasteiger partial charge is 0.308 e. The minimum absolute atomic E-state index is 0.240. The molecule has 0 bridgehead atoms. The van der Waals surface area contributed by atoms with Crippen LogP contribution in [0.15, 0.2) is 47.4 Å². The van der Waals surface area contributed by atoms with Crippen LogP contribution >= 0.6 is 23.1 Å². The molecule has 0 aliphatic carbocycles. The van der Waals surface area contributed by atoms with Crippen LogP contribution in [0.5, 0.6) is 0 Å². The number of hydrogen-bond donors (Lipinski definition) is 0. The summed E-state index contributed by atoms with van der Waals surface area (Å²) in [6, 6.07) is 11.9. The summed E-state index contributed by atoms with van der Waals surface area (Å²) in [7, 11) is 3.90. The van der Waals surface area contributed by atoms with Crippen molar-refractivity contribution < 1.29 is 9.18 Å². The van der Waals surface area contributed by atoms with E-state index >= 15 is 0 Å². The number of nitrogens with zero attached hydrogens (tertiary/aromatic N) is 3. The third-order valence-corrected chi connectivity index (χ3v) is 5.67. The number of carbonyl (C=O) groups is 1. The molecule has 0 unspecified atom stereocenters. The zero-order valence-electron chi connectivity index (χ0n) is 14.9. The van der Waals surface area contributed by atoms with Crippen LogP contribution in [-0.4, -0.2) is 49.2 Å². The average Bonchev–Trinajstić information content (AvgIpc) is 3.04. The lowest BCUT2D eigenvalue weighted by Gasteiger charge is -2.22. The lowest BCUT2D eigenvalue weighted by molar-refractivity contribution is 0.0985. The van der Waals surface area contributed by atoms with Crippen LogP contribution in [0.2, 0.25) is 0 Å². The van der Waals surface area contributed by atoms with Crippen LogP contribution in [0.1, 0.15) is 10.4 Å². The number of rotatable bonds is 6. The smallest absolute Gasteiger partial charge is 0.260 e. The molecule has 1 heterocycles. The van der Waals surface area contributed by atoms with Crippen LogP contribution in [0.4, 0.5) is 9.52 Å². The van der Waals surface area contributed by atoms with Crippen molar-refractivity contribution >= 4 is 44.4 Å². The molecule has 3 aromatic rings. The van der Waals surface area contributed by atoms with Crippen molar-refractivity contribution in [2.24, 2.45) is 0 Å². The molecule has 0 saturated carbocycles. The molecule has 0 atom stereocenters. The van der Waals surface area contributed by atoms with E-state index in [1.165, 1.54) is 23.5 Å². The van der Waals surface area contributed by atoms with E-state index in [1.54, 1.807) is 28.8 Å². The van der Waals surface area contributed by atoms with Crippen LogP contribution < -0.4 is 4.90 Å². The van der Waals surface area contributed by atoms with Gasteiger partial charge in [-0.25, -0.2) is 9.37 Å². The Kier molecular flexibility index (Phi) is 5.90. The minimum atomic E-state index is -0.419. The summed E-state index contributed by atoms with van der Waals surface area (Å²) in [5, 5.41) is 0.634. The first-order chi connectivity index (χ1) is 12.5. The van der Waals surface area contributed by atoms with Crippen molar-refractivity contribution in [2.75, 3.05) is 38.3 Å². The molecule has 0 aliphatic heterocycles. The standard InChI is InChI=1S/C19H20FN3OS2/c1-22(2)9-10-23(18(24)13-5-4-6-14(20)11-13)19-21-16-8-7-15(25-3)12-17(16)26-19/h4-8,11-12H,9-10H2,1-3H3. The highest BCUT2D eigenvalue weighted by atomic mass is 32.2. The Morgan fingerprint density at radius 1 is 1.19 bits per heavy atom. The SMILES string of the molecule is CSc1ccc2nc(N(CCN(C)C)C(=O)c3cccc(F)c3)sc2c1. The van der Waals surface area contributed by atoms with Gasteiger partial charge in [-0.1, -0.05) is 17.4 Å². The van der Waals surface area contributed by atoms with Crippen molar-refractivity contribution in [1.82, 2.24) is 9.88 Å². The van der Waals surface area contributed by atoms with Crippen LogP contribution in [0, 0.1) is 5.82 Å². The Morgan fingerprint density at radius 3 is 2.69 bits per heavy atom. The Morgan fingerprint density at radius 2 is 2.00 bits per heavy atom. The quantitative estimate of drug-likeness (QED) is 0.587. The van der Waals surface area contributed by atoms with Gasteiger partial charge in [0, 0.05) is 23.5 Å². The van der Waals surface area contributed by atoms with E-state index in [0.29, 0.717) is 23.8 Å². The topological polar surface area (TPSA) is 36.4 Å². The Hall–Kier alpha value is -1.96. The van der Waals surface area contributed by atoms with Crippen LogP contribution in [-0.2, 0) is 0 Å². The van der Waals surface area contributed by atoms with Gasteiger partial charge in [0.2, 0.25) is 0 Å². The fraction of sp³-hybridized carbons (Fsp3) is 0.263. The number of anilines is 1. The first-order valence-corrected chi connectivity index (χ1v) is 10.2. The molecule has 4 nitrogen and oxygen atoms in total. The summed E-state index contributed by atoms with van der Waals surface area (Å²) in [4.78, 5) is 22.4. The summed E-state index contributed by atoms with van der Waals surface area (Å²) >= 11 is 3.15. The Labute approximate surface area is 160 Å². The second kappa shape index (κ2) is 8.16. The highest BCUT2D eigenvalue weighted by molar-refractivity contribution is 7.98. The highest BCUT2D eigenvalue weighted by Crippen LogP contribution is 2.32. The third-order valence-electron chi connectivity index (χ3n) is 3.90. The van der Waals surface area contributed by atoms with E-state index in [9.17, 15) is 9.18 Å².